The zero-order valence-electron chi connectivity index (χ0n) is 17.7. The number of hydrogen-bond donors (Lipinski definition) is 0. The smallest absolute Gasteiger partial charge is 0.253 e. The van der Waals surface area contributed by atoms with Gasteiger partial charge in [-0.15, -0.1) is 10.2 Å². The molecule has 160 valence electrons. The highest BCUT2D eigenvalue weighted by Crippen LogP contribution is 2.40. The molecular weight excluding hydrogens is 410 g/mol. The van der Waals surface area contributed by atoms with Crippen LogP contribution in [-0.4, -0.2) is 37.1 Å². The van der Waals surface area contributed by atoms with Gasteiger partial charge >= 0.3 is 0 Å². The van der Waals surface area contributed by atoms with Crippen LogP contribution >= 0.6 is 11.8 Å². The number of rotatable bonds is 7. The predicted octanol–water partition coefficient (Wildman–Crippen LogP) is 4.55. The first-order chi connectivity index (χ1) is 15.1. The lowest BCUT2D eigenvalue weighted by Crippen LogP contribution is -2.28. The molecule has 3 heterocycles. The van der Waals surface area contributed by atoms with Crippen LogP contribution in [0.15, 0.2) is 57.3 Å². The number of nitrogens with zero attached hydrogens (tertiary/aromatic N) is 5. The minimum atomic E-state index is -0.231. The minimum absolute atomic E-state index is 0.0628. The molecule has 1 atom stereocenters. The summed E-state index contributed by atoms with van der Waals surface area (Å²) in [6, 6.07) is 11.8. The Morgan fingerprint density at radius 1 is 1.19 bits per heavy atom. The largest absolute Gasteiger partial charge is 0.467 e. The molecule has 1 aliphatic heterocycles. The van der Waals surface area contributed by atoms with E-state index < -0.39 is 0 Å². The number of thioether (sulfide) groups is 1. The first-order valence-electron chi connectivity index (χ1n) is 10.7. The number of hydrazone groups is 1. The molecule has 5 rings (SSSR count). The maximum atomic E-state index is 13.2. The summed E-state index contributed by atoms with van der Waals surface area (Å²) >= 11 is 1.43. The monoisotopic (exact) mass is 435 g/mol. The number of hydrogen-bond acceptors (Lipinski definition) is 6. The van der Waals surface area contributed by atoms with E-state index in [4.69, 9.17) is 9.52 Å². The fourth-order valence-corrected chi connectivity index (χ4v) is 4.77. The fourth-order valence-electron chi connectivity index (χ4n) is 3.90. The Hall–Kier alpha value is -2.87. The van der Waals surface area contributed by atoms with Crippen LogP contribution in [0, 0.1) is 6.92 Å². The van der Waals surface area contributed by atoms with Gasteiger partial charge in [0.2, 0.25) is 0 Å². The van der Waals surface area contributed by atoms with Gasteiger partial charge in [0.05, 0.1) is 17.7 Å². The number of amides is 1. The molecule has 1 aromatic carbocycles. The van der Waals surface area contributed by atoms with Gasteiger partial charge in [0.25, 0.3) is 5.91 Å². The van der Waals surface area contributed by atoms with E-state index in [-0.39, 0.29) is 17.7 Å². The van der Waals surface area contributed by atoms with Crippen molar-refractivity contribution in [3.63, 3.8) is 0 Å². The van der Waals surface area contributed by atoms with Crippen LogP contribution in [0.3, 0.4) is 0 Å². The summed E-state index contributed by atoms with van der Waals surface area (Å²) < 4.78 is 7.77. The van der Waals surface area contributed by atoms with E-state index >= 15 is 0 Å². The fraction of sp³-hybridized carbons (Fsp3) is 0.391. The maximum absolute atomic E-state index is 13.2. The van der Waals surface area contributed by atoms with Gasteiger partial charge < -0.3 is 8.98 Å². The van der Waals surface area contributed by atoms with E-state index in [2.05, 4.69) is 52.9 Å². The van der Waals surface area contributed by atoms with Crippen LogP contribution < -0.4 is 0 Å². The molecule has 8 heteroatoms. The summed E-state index contributed by atoms with van der Waals surface area (Å²) in [6.45, 7) is 4.96. The Kier molecular flexibility index (Phi) is 5.40. The molecular formula is C23H25N5O2S. The molecule has 0 N–H and O–H groups in total. The Bertz CT molecular complexity index is 1100. The summed E-state index contributed by atoms with van der Waals surface area (Å²) in [5.41, 5.74) is 3.12. The van der Waals surface area contributed by atoms with Crippen LogP contribution in [0.5, 0.6) is 0 Å². The number of aryl methyl sites for hydroxylation is 1. The van der Waals surface area contributed by atoms with Gasteiger partial charge in [-0.1, -0.05) is 41.6 Å². The summed E-state index contributed by atoms with van der Waals surface area (Å²) in [5, 5.41) is 15.8. The Morgan fingerprint density at radius 2 is 2.00 bits per heavy atom. The molecule has 1 saturated carbocycles. The number of aromatic nitrogens is 3. The highest BCUT2D eigenvalue weighted by molar-refractivity contribution is 7.99. The molecule has 0 spiro atoms. The third-order valence-electron chi connectivity index (χ3n) is 5.75. The van der Waals surface area contributed by atoms with Gasteiger partial charge in [-0.2, -0.15) is 5.10 Å². The normalized spacial score (nSPS) is 18.5. The molecule has 2 aromatic heterocycles. The second-order valence-electron chi connectivity index (χ2n) is 8.03. The van der Waals surface area contributed by atoms with Crippen molar-refractivity contribution in [3.05, 3.63) is 65.4 Å². The average Bonchev–Trinajstić information content (AvgIpc) is 3.19. The van der Waals surface area contributed by atoms with Crippen molar-refractivity contribution in [2.24, 2.45) is 5.10 Å². The summed E-state index contributed by atoms with van der Waals surface area (Å²) in [6.07, 6.45) is 4.62. The molecule has 0 radical (unpaired) electrons. The lowest BCUT2D eigenvalue weighted by molar-refractivity contribution is -0.130. The number of carbonyl (C=O) groups is 1. The van der Waals surface area contributed by atoms with E-state index in [9.17, 15) is 4.79 Å². The van der Waals surface area contributed by atoms with Crippen molar-refractivity contribution in [2.45, 2.75) is 56.8 Å². The lowest BCUT2D eigenvalue weighted by Gasteiger charge is -2.19. The number of carbonyl (C=O) groups excluding carboxylic acids is 1. The lowest BCUT2D eigenvalue weighted by atomic mass is 10.0. The number of furan rings is 1. The number of benzene rings is 1. The van der Waals surface area contributed by atoms with Gasteiger partial charge in [0, 0.05) is 18.9 Å². The topological polar surface area (TPSA) is 76.5 Å². The van der Waals surface area contributed by atoms with Crippen LogP contribution in [-0.2, 0) is 11.3 Å². The van der Waals surface area contributed by atoms with Gasteiger partial charge in [-0.05, 0) is 44.4 Å². The van der Waals surface area contributed by atoms with E-state index in [0.29, 0.717) is 12.3 Å². The van der Waals surface area contributed by atoms with E-state index in [1.807, 2.05) is 12.1 Å². The SMILES string of the molecule is CCn1c(SCC(=O)N2N=C(c3ccc(C)cc3)CC2c2ccco2)nnc1C1CC1. The average molecular weight is 436 g/mol. The highest BCUT2D eigenvalue weighted by Gasteiger charge is 2.35. The second-order valence-corrected chi connectivity index (χ2v) is 8.98. The van der Waals surface area contributed by atoms with Crippen molar-refractivity contribution in [3.8, 4) is 0 Å². The van der Waals surface area contributed by atoms with Gasteiger partial charge in [-0.3, -0.25) is 4.79 Å². The Labute approximate surface area is 185 Å². The molecule has 31 heavy (non-hydrogen) atoms. The van der Waals surface area contributed by atoms with Gasteiger partial charge in [0.15, 0.2) is 5.16 Å². The van der Waals surface area contributed by atoms with Gasteiger partial charge in [-0.25, -0.2) is 5.01 Å². The van der Waals surface area contributed by atoms with Crippen LogP contribution in [0.2, 0.25) is 0 Å². The third kappa shape index (κ3) is 4.04. The van der Waals surface area contributed by atoms with E-state index in [1.54, 1.807) is 11.3 Å². The minimum Gasteiger partial charge on any atom is -0.467 e. The Balaban J connectivity index is 1.35. The van der Waals surface area contributed by atoms with Crippen LogP contribution in [0.1, 0.15) is 60.9 Å². The molecule has 2 aliphatic rings. The van der Waals surface area contributed by atoms with Crippen molar-refractivity contribution < 1.29 is 9.21 Å². The summed E-state index contributed by atoms with van der Waals surface area (Å²) in [4.78, 5) is 13.2. The molecule has 1 aliphatic carbocycles. The maximum Gasteiger partial charge on any atom is 0.253 e. The zero-order valence-corrected chi connectivity index (χ0v) is 18.5. The van der Waals surface area contributed by atoms with E-state index in [0.717, 1.165) is 34.6 Å². The summed E-state index contributed by atoms with van der Waals surface area (Å²) in [5.74, 6) is 2.52. The van der Waals surface area contributed by atoms with Crippen molar-refractivity contribution in [1.29, 1.82) is 0 Å². The first-order valence-corrected chi connectivity index (χ1v) is 11.7. The third-order valence-corrected chi connectivity index (χ3v) is 6.70. The second kappa shape index (κ2) is 8.34. The van der Waals surface area contributed by atoms with Crippen LogP contribution in [0.4, 0.5) is 0 Å². The Morgan fingerprint density at radius 3 is 2.68 bits per heavy atom. The van der Waals surface area contributed by atoms with Crippen molar-refractivity contribution in [2.75, 3.05) is 5.75 Å². The molecule has 1 fully saturated rings. The molecule has 7 nitrogen and oxygen atoms in total. The zero-order chi connectivity index (χ0) is 21.4. The van der Waals surface area contributed by atoms with Crippen molar-refractivity contribution in [1.82, 2.24) is 19.8 Å². The van der Waals surface area contributed by atoms with Crippen LogP contribution in [0.25, 0.3) is 0 Å². The molecule has 3 aromatic rings. The quantitative estimate of drug-likeness (QED) is 0.509. The van der Waals surface area contributed by atoms with Crippen molar-refractivity contribution >= 4 is 23.4 Å². The van der Waals surface area contributed by atoms with Gasteiger partial charge in [0.1, 0.15) is 17.6 Å². The standard InChI is InChI=1S/C23H25N5O2S/c1-3-27-22(17-10-11-17)24-25-23(27)31-14-21(29)28-19(20-5-4-12-30-20)13-18(26-28)16-8-6-15(2)7-9-16/h4-9,12,17,19H,3,10-11,13-14H2,1-2H3. The highest BCUT2D eigenvalue weighted by atomic mass is 32.2. The van der Waals surface area contributed by atoms with E-state index in [1.165, 1.54) is 30.2 Å². The molecule has 1 amide bonds. The first kappa shape index (κ1) is 20.1. The molecule has 0 bridgehead atoms. The molecule has 1 unspecified atom stereocenters. The predicted molar refractivity (Wildman–Crippen MR) is 119 cm³/mol. The molecule has 0 saturated heterocycles. The summed E-state index contributed by atoms with van der Waals surface area (Å²) in [7, 11) is 0.